The summed E-state index contributed by atoms with van der Waals surface area (Å²) in [4.78, 5) is 72.0. The SMILES string of the molecule is CCCCCCCCOC(=O)C(CC(=O)[O-])S(=O)(=O)OC(=O)CC(C(=O)OS(=O)(=O)C(CC(=O)[O-])C(=O)OCCCCCCCC)S(=O)(=O)O.[Na+].[Na+]. The van der Waals surface area contributed by atoms with Gasteiger partial charge in [0.15, 0.2) is 15.7 Å². The van der Waals surface area contributed by atoms with Gasteiger partial charge in [0, 0.05) is 24.8 Å². The fourth-order valence-corrected chi connectivity index (χ4v) is 7.01. The van der Waals surface area contributed by atoms with Gasteiger partial charge in [-0.25, -0.2) is 4.79 Å². The predicted octanol–water partition coefficient (Wildman–Crippen LogP) is -6.79. The van der Waals surface area contributed by atoms with Gasteiger partial charge in [-0.05, 0) is 12.8 Å². The number of carbonyl (C=O) groups excluding carboxylic acids is 6. The summed E-state index contributed by atoms with van der Waals surface area (Å²) in [5, 5.41) is 13.5. The average molecular weight is 827 g/mol. The van der Waals surface area contributed by atoms with E-state index < -0.39 is 101 Å². The molecule has 0 aliphatic carbocycles. The predicted molar refractivity (Wildman–Crippen MR) is 165 cm³/mol. The Balaban J connectivity index is -0.0000120. The van der Waals surface area contributed by atoms with Crippen molar-refractivity contribution in [2.75, 3.05) is 13.2 Å². The second kappa shape index (κ2) is 28.1. The number of carboxylic acids is 2. The van der Waals surface area contributed by atoms with Gasteiger partial charge in [-0.1, -0.05) is 78.1 Å². The summed E-state index contributed by atoms with van der Waals surface area (Å²) >= 11 is 0. The summed E-state index contributed by atoms with van der Waals surface area (Å²) < 4.78 is 101. The van der Waals surface area contributed by atoms with Crippen LogP contribution in [0.15, 0.2) is 0 Å². The first-order chi connectivity index (χ1) is 23.2. The van der Waals surface area contributed by atoms with Crippen molar-refractivity contribution in [1.82, 2.24) is 0 Å². The number of carbonyl (C=O) groups is 6. The number of aliphatic carboxylic acids is 2. The van der Waals surface area contributed by atoms with Crippen LogP contribution in [0.4, 0.5) is 0 Å². The van der Waals surface area contributed by atoms with Crippen molar-refractivity contribution >= 4 is 66.2 Å². The van der Waals surface area contributed by atoms with Crippen molar-refractivity contribution in [1.29, 1.82) is 0 Å². The summed E-state index contributed by atoms with van der Waals surface area (Å²) in [6.07, 6.45) is 3.58. The third-order valence-electron chi connectivity index (χ3n) is 6.79. The van der Waals surface area contributed by atoms with Crippen molar-refractivity contribution in [3.63, 3.8) is 0 Å². The van der Waals surface area contributed by atoms with Crippen LogP contribution < -0.4 is 69.3 Å². The van der Waals surface area contributed by atoms with E-state index in [1.54, 1.807) is 0 Å². The fraction of sp³-hybridized carbons (Fsp3) is 0.786. The zero-order valence-corrected chi connectivity index (χ0v) is 36.2. The van der Waals surface area contributed by atoms with Crippen LogP contribution in [0, 0.1) is 0 Å². The Morgan fingerprint density at radius 1 is 0.519 bits per heavy atom. The van der Waals surface area contributed by atoms with E-state index in [1.807, 2.05) is 13.8 Å². The molecule has 0 aromatic heterocycles. The van der Waals surface area contributed by atoms with Gasteiger partial charge < -0.3 is 37.6 Å². The molecule has 52 heavy (non-hydrogen) atoms. The van der Waals surface area contributed by atoms with E-state index in [1.165, 1.54) is 0 Å². The minimum atomic E-state index is -5.84. The number of rotatable bonds is 28. The normalized spacial score (nSPS) is 13.2. The van der Waals surface area contributed by atoms with E-state index >= 15 is 0 Å². The van der Waals surface area contributed by atoms with Crippen LogP contribution in [0.1, 0.15) is 110 Å². The first-order valence-corrected chi connectivity index (χ1v) is 20.3. The second-order valence-electron chi connectivity index (χ2n) is 11.1. The van der Waals surface area contributed by atoms with E-state index in [4.69, 9.17) is 9.47 Å². The topological polar surface area (TPSA) is 308 Å². The summed E-state index contributed by atoms with van der Waals surface area (Å²) in [5.41, 5.74) is 0. The summed E-state index contributed by atoms with van der Waals surface area (Å²) in [5.74, 6) is -12.4. The first kappa shape index (κ1) is 55.0. The van der Waals surface area contributed by atoms with E-state index in [2.05, 4.69) is 8.37 Å². The van der Waals surface area contributed by atoms with Gasteiger partial charge in [-0.15, -0.1) is 0 Å². The maximum atomic E-state index is 12.7. The molecule has 0 spiro atoms. The van der Waals surface area contributed by atoms with E-state index in [0.29, 0.717) is 12.8 Å². The Bertz CT molecular complexity index is 1480. The minimum absolute atomic E-state index is 0. The molecule has 0 heterocycles. The Hall–Kier alpha value is -1.37. The molecule has 3 unspecified atom stereocenters. The van der Waals surface area contributed by atoms with Crippen LogP contribution in [-0.2, 0) is 77.0 Å². The van der Waals surface area contributed by atoms with Gasteiger partial charge in [0.25, 0.3) is 10.1 Å². The number of unbranched alkanes of at least 4 members (excludes halogenated alkanes) is 10. The van der Waals surface area contributed by atoms with Crippen LogP contribution in [0.2, 0.25) is 0 Å². The van der Waals surface area contributed by atoms with Gasteiger partial charge in [0.05, 0.1) is 19.6 Å². The van der Waals surface area contributed by atoms with E-state index in [9.17, 15) is 68.8 Å². The van der Waals surface area contributed by atoms with Gasteiger partial charge in [-0.2, -0.15) is 25.3 Å². The standard InChI is InChI=1S/C28H46O19S3.2Na/c1-3-5-7-9-11-13-15-44-26(34)21(17-23(29)30)49(40,41)46-25(33)19-20(48(37,38)39)28(36)47-50(42,43)22(18-24(31)32)27(35)45-16-14-12-10-8-6-4-2;;/h20-22H,3-19H2,1-2H3,(H,29,30)(H,31,32)(H,37,38,39);;/q;2*+1/p-2. The summed E-state index contributed by atoms with van der Waals surface area (Å²) in [7, 11) is -17.2. The zero-order chi connectivity index (χ0) is 38.5. The van der Waals surface area contributed by atoms with Crippen LogP contribution in [0.3, 0.4) is 0 Å². The first-order valence-electron chi connectivity index (χ1n) is 15.8. The van der Waals surface area contributed by atoms with Crippen LogP contribution in [-0.4, -0.2) is 94.6 Å². The summed E-state index contributed by atoms with van der Waals surface area (Å²) in [6.45, 7) is 3.27. The fourth-order valence-electron chi connectivity index (χ4n) is 4.11. The molecule has 0 bridgehead atoms. The molecule has 0 aromatic rings. The molecule has 1 N–H and O–H groups in total. The van der Waals surface area contributed by atoms with Gasteiger partial charge in [0.1, 0.15) is 0 Å². The van der Waals surface area contributed by atoms with Crippen LogP contribution in [0.5, 0.6) is 0 Å². The molecule has 24 heteroatoms. The molecular formula is C28H44Na2O19S3. The molecule has 0 saturated carbocycles. The molecule has 3 atom stereocenters. The molecule has 0 aliphatic heterocycles. The average Bonchev–Trinajstić information content (AvgIpc) is 2.98. The van der Waals surface area contributed by atoms with Crippen molar-refractivity contribution in [3.8, 4) is 0 Å². The number of hydrogen-bond acceptors (Lipinski definition) is 18. The molecule has 0 aliphatic rings. The second-order valence-corrected chi connectivity index (χ2v) is 16.1. The largest absolute Gasteiger partial charge is 1.00 e. The van der Waals surface area contributed by atoms with Crippen molar-refractivity contribution in [2.24, 2.45) is 0 Å². The molecule has 0 rings (SSSR count). The Morgan fingerprint density at radius 2 is 0.865 bits per heavy atom. The molecule has 0 amide bonds. The van der Waals surface area contributed by atoms with Crippen molar-refractivity contribution in [2.45, 2.75) is 126 Å². The van der Waals surface area contributed by atoms with Crippen molar-refractivity contribution in [3.05, 3.63) is 0 Å². The molecule has 0 radical (unpaired) electrons. The minimum Gasteiger partial charge on any atom is -0.550 e. The number of carboxylic acid groups (broad SMARTS) is 2. The van der Waals surface area contributed by atoms with E-state index in [-0.39, 0.29) is 85.2 Å². The monoisotopic (exact) mass is 826 g/mol. The summed E-state index contributed by atoms with van der Waals surface area (Å²) in [6, 6.07) is 0. The third-order valence-corrected chi connectivity index (χ3v) is 10.8. The number of esters is 2. The Morgan fingerprint density at radius 3 is 1.21 bits per heavy atom. The molecule has 0 saturated heterocycles. The quantitative estimate of drug-likeness (QED) is 0.0252. The smallest absolute Gasteiger partial charge is 0.550 e. The van der Waals surface area contributed by atoms with Gasteiger partial charge >= 0.3 is 103 Å². The Labute approximate surface area is 348 Å². The molecule has 19 nitrogen and oxygen atoms in total. The van der Waals surface area contributed by atoms with Crippen LogP contribution >= 0.6 is 0 Å². The third kappa shape index (κ3) is 23.4. The van der Waals surface area contributed by atoms with Gasteiger partial charge in [-0.3, -0.25) is 18.9 Å². The number of ether oxygens (including phenoxy) is 2. The maximum Gasteiger partial charge on any atom is 1.00 e. The molecule has 290 valence electrons. The zero-order valence-electron chi connectivity index (χ0n) is 29.8. The molecule has 0 fully saturated rings. The van der Waals surface area contributed by atoms with Crippen LogP contribution in [0.25, 0.3) is 0 Å². The van der Waals surface area contributed by atoms with Gasteiger partial charge in [0.2, 0.25) is 0 Å². The Kier molecular flexibility index (Phi) is 29.7. The molecular weight excluding hydrogens is 782 g/mol. The maximum absolute atomic E-state index is 12.7. The van der Waals surface area contributed by atoms with Crippen molar-refractivity contribution < 1.29 is 146 Å². The number of hydrogen-bond donors (Lipinski definition) is 1. The molecule has 0 aromatic carbocycles. The van der Waals surface area contributed by atoms with E-state index in [0.717, 1.165) is 51.4 Å².